The van der Waals surface area contributed by atoms with Gasteiger partial charge in [-0.15, -0.1) is 0 Å². The molecule has 1 fully saturated rings. The van der Waals surface area contributed by atoms with Crippen molar-refractivity contribution in [2.24, 2.45) is 0 Å². The molecular weight excluding hydrogens is 350 g/mol. The summed E-state index contributed by atoms with van der Waals surface area (Å²) in [5, 5.41) is 0. The monoisotopic (exact) mass is 373 g/mol. The fraction of sp³-hybridized carbons (Fsp3) is 0.421. The van der Waals surface area contributed by atoms with Gasteiger partial charge in [-0.05, 0) is 31.0 Å². The molecule has 0 N–H and O–H groups in total. The molecule has 0 saturated carbocycles. The molecule has 2 aromatic rings. The molecule has 0 bridgehead atoms. The summed E-state index contributed by atoms with van der Waals surface area (Å²) in [7, 11) is 4.55. The number of hydrogen-bond donors (Lipinski definition) is 0. The van der Waals surface area contributed by atoms with E-state index < -0.39 is 0 Å². The Morgan fingerprint density at radius 3 is 2.48 bits per heavy atom. The van der Waals surface area contributed by atoms with Crippen molar-refractivity contribution >= 4 is 5.91 Å². The number of ether oxygens (including phenoxy) is 4. The second-order valence-corrected chi connectivity index (χ2v) is 6.05. The molecule has 1 unspecified atom stereocenters. The number of carbonyl (C=O) groups is 1. The van der Waals surface area contributed by atoms with Crippen molar-refractivity contribution in [3.8, 4) is 23.3 Å². The predicted octanol–water partition coefficient (Wildman–Crippen LogP) is 2.19. The maximum atomic E-state index is 13.1. The Labute approximate surface area is 158 Å². The lowest BCUT2D eigenvalue weighted by Gasteiger charge is -2.32. The molecular formula is C19H23N3O5. The molecule has 0 aliphatic carbocycles. The molecule has 2 heterocycles. The quantitative estimate of drug-likeness (QED) is 0.767. The molecule has 0 spiro atoms. The van der Waals surface area contributed by atoms with Crippen LogP contribution in [0.15, 0.2) is 30.6 Å². The van der Waals surface area contributed by atoms with Crippen molar-refractivity contribution in [1.29, 1.82) is 0 Å². The average molecular weight is 373 g/mol. The first-order chi connectivity index (χ1) is 13.2. The number of likely N-dealkylation sites (tertiary alicyclic amines) is 1. The van der Waals surface area contributed by atoms with Crippen LogP contribution in [0.3, 0.4) is 0 Å². The van der Waals surface area contributed by atoms with Crippen molar-refractivity contribution in [3.63, 3.8) is 0 Å². The van der Waals surface area contributed by atoms with E-state index in [2.05, 4.69) is 9.97 Å². The van der Waals surface area contributed by atoms with Crippen LogP contribution in [0.2, 0.25) is 0 Å². The predicted molar refractivity (Wildman–Crippen MR) is 97.7 cm³/mol. The molecule has 0 radical (unpaired) electrons. The summed E-state index contributed by atoms with van der Waals surface area (Å²) in [6.45, 7) is 1.10. The lowest BCUT2D eigenvalue weighted by Crippen LogP contribution is -2.44. The summed E-state index contributed by atoms with van der Waals surface area (Å²) in [4.78, 5) is 23.0. The third-order valence-electron chi connectivity index (χ3n) is 4.41. The van der Waals surface area contributed by atoms with E-state index in [1.54, 1.807) is 35.5 Å². The van der Waals surface area contributed by atoms with Gasteiger partial charge in [-0.25, -0.2) is 9.97 Å². The van der Waals surface area contributed by atoms with E-state index in [1.165, 1.54) is 21.3 Å². The van der Waals surface area contributed by atoms with Gasteiger partial charge in [-0.3, -0.25) is 4.79 Å². The van der Waals surface area contributed by atoms with Gasteiger partial charge in [0.1, 0.15) is 6.10 Å². The summed E-state index contributed by atoms with van der Waals surface area (Å²) in [6, 6.07) is 5.44. The van der Waals surface area contributed by atoms with Gasteiger partial charge in [0.05, 0.1) is 33.4 Å². The van der Waals surface area contributed by atoms with Crippen LogP contribution in [-0.4, -0.2) is 61.3 Å². The topological polar surface area (TPSA) is 83.0 Å². The summed E-state index contributed by atoms with van der Waals surface area (Å²) in [6.07, 6.45) is 4.77. The second kappa shape index (κ2) is 8.57. The lowest BCUT2D eigenvalue weighted by molar-refractivity contribution is 0.0512. The molecule has 1 atom stereocenters. The van der Waals surface area contributed by atoms with Crippen LogP contribution < -0.4 is 18.9 Å². The normalized spacial score (nSPS) is 16.6. The Balaban J connectivity index is 1.79. The summed E-state index contributed by atoms with van der Waals surface area (Å²) >= 11 is 0. The average Bonchev–Trinajstić information content (AvgIpc) is 2.72. The van der Waals surface area contributed by atoms with Crippen molar-refractivity contribution in [2.45, 2.75) is 18.9 Å². The number of methoxy groups -OCH3 is 3. The van der Waals surface area contributed by atoms with Crippen LogP contribution in [0.5, 0.6) is 23.3 Å². The van der Waals surface area contributed by atoms with Crippen LogP contribution in [0, 0.1) is 0 Å². The van der Waals surface area contributed by atoms with E-state index in [-0.39, 0.29) is 12.0 Å². The first kappa shape index (κ1) is 18.8. The van der Waals surface area contributed by atoms with Gasteiger partial charge in [0.15, 0.2) is 11.5 Å². The van der Waals surface area contributed by atoms with Crippen LogP contribution in [0.25, 0.3) is 0 Å². The highest BCUT2D eigenvalue weighted by Crippen LogP contribution is 2.40. The number of piperidine rings is 1. The van der Waals surface area contributed by atoms with Crippen LogP contribution >= 0.6 is 0 Å². The maximum absolute atomic E-state index is 13.1. The van der Waals surface area contributed by atoms with Gasteiger partial charge in [0.2, 0.25) is 5.75 Å². The molecule has 8 heteroatoms. The maximum Gasteiger partial charge on any atom is 0.316 e. The molecule has 1 aliphatic heterocycles. The van der Waals surface area contributed by atoms with E-state index in [0.717, 1.165) is 12.8 Å². The van der Waals surface area contributed by atoms with E-state index in [4.69, 9.17) is 18.9 Å². The number of rotatable bonds is 6. The number of aromatic nitrogens is 2. The highest BCUT2D eigenvalue weighted by molar-refractivity contribution is 5.98. The summed E-state index contributed by atoms with van der Waals surface area (Å²) < 4.78 is 21.9. The van der Waals surface area contributed by atoms with Gasteiger partial charge in [0, 0.05) is 18.9 Å². The zero-order valence-corrected chi connectivity index (χ0v) is 15.7. The van der Waals surface area contributed by atoms with E-state index in [9.17, 15) is 4.79 Å². The molecule has 3 rings (SSSR count). The van der Waals surface area contributed by atoms with Gasteiger partial charge in [0.25, 0.3) is 5.91 Å². The number of hydrogen-bond acceptors (Lipinski definition) is 7. The van der Waals surface area contributed by atoms with Crippen molar-refractivity contribution in [3.05, 3.63) is 36.2 Å². The highest BCUT2D eigenvalue weighted by atomic mass is 16.5. The van der Waals surface area contributed by atoms with Crippen LogP contribution in [0.1, 0.15) is 23.2 Å². The van der Waals surface area contributed by atoms with Gasteiger partial charge in [-0.2, -0.15) is 0 Å². The van der Waals surface area contributed by atoms with Crippen LogP contribution in [0.4, 0.5) is 0 Å². The zero-order chi connectivity index (χ0) is 19.2. The molecule has 1 aliphatic rings. The van der Waals surface area contributed by atoms with Crippen molar-refractivity contribution < 1.29 is 23.7 Å². The smallest absolute Gasteiger partial charge is 0.316 e. The number of amides is 1. The zero-order valence-electron chi connectivity index (χ0n) is 15.7. The molecule has 27 heavy (non-hydrogen) atoms. The minimum Gasteiger partial charge on any atom is -0.493 e. The van der Waals surface area contributed by atoms with Gasteiger partial charge in [-0.1, -0.05) is 0 Å². The number of nitrogens with zero attached hydrogens (tertiary/aromatic N) is 3. The highest BCUT2D eigenvalue weighted by Gasteiger charge is 2.29. The second-order valence-electron chi connectivity index (χ2n) is 6.05. The van der Waals surface area contributed by atoms with Crippen molar-refractivity contribution in [1.82, 2.24) is 14.9 Å². The third kappa shape index (κ3) is 4.05. The first-order valence-electron chi connectivity index (χ1n) is 8.69. The van der Waals surface area contributed by atoms with Crippen molar-refractivity contribution in [2.75, 3.05) is 34.4 Å². The number of carbonyl (C=O) groups excluding carboxylic acids is 1. The lowest BCUT2D eigenvalue weighted by atomic mass is 10.1. The molecule has 1 amide bonds. The molecule has 1 saturated heterocycles. The Morgan fingerprint density at radius 2 is 1.81 bits per heavy atom. The third-order valence-corrected chi connectivity index (χ3v) is 4.41. The largest absolute Gasteiger partial charge is 0.493 e. The van der Waals surface area contributed by atoms with Gasteiger partial charge >= 0.3 is 6.01 Å². The van der Waals surface area contributed by atoms with E-state index >= 15 is 0 Å². The van der Waals surface area contributed by atoms with Gasteiger partial charge < -0.3 is 23.8 Å². The van der Waals surface area contributed by atoms with E-state index in [0.29, 0.717) is 41.9 Å². The van der Waals surface area contributed by atoms with Crippen LogP contribution in [-0.2, 0) is 0 Å². The standard InChI is InChI=1S/C19H23N3O5/c1-24-15-8-7-14(16(25-2)17(15)26-3)18(23)22-11-4-6-13(12-22)27-19-20-9-5-10-21-19/h5,7-10,13H,4,6,11-12H2,1-3H3. The van der Waals surface area contributed by atoms with E-state index in [1.807, 2.05) is 0 Å². The molecule has 8 nitrogen and oxygen atoms in total. The summed E-state index contributed by atoms with van der Waals surface area (Å²) in [5.41, 5.74) is 0.423. The first-order valence-corrected chi connectivity index (χ1v) is 8.69. The Kier molecular flexibility index (Phi) is 5.95. The Morgan fingerprint density at radius 1 is 1.07 bits per heavy atom. The summed E-state index contributed by atoms with van der Waals surface area (Å²) in [5.74, 6) is 1.12. The molecule has 144 valence electrons. The minimum atomic E-state index is -0.156. The SMILES string of the molecule is COc1ccc(C(=O)N2CCCC(Oc3ncccn3)C2)c(OC)c1OC. The minimum absolute atomic E-state index is 0.143. The Hall–Kier alpha value is -3.03. The fourth-order valence-corrected chi connectivity index (χ4v) is 3.15. The fourth-order valence-electron chi connectivity index (χ4n) is 3.15. The molecule has 1 aromatic carbocycles. The Bertz CT molecular complexity index is 784. The number of benzene rings is 1. The molecule has 1 aromatic heterocycles.